The number of aryl methyl sites for hydroxylation is 2. The molecule has 0 fully saturated rings. The molecule has 2 aliphatic rings. The maximum atomic E-state index is 6.35. The second kappa shape index (κ2) is 5.07. The summed E-state index contributed by atoms with van der Waals surface area (Å²) in [4.78, 5) is 0. The molecule has 4 rings (SSSR count). The van der Waals surface area contributed by atoms with Crippen molar-refractivity contribution in [1.29, 1.82) is 0 Å². The van der Waals surface area contributed by atoms with Gasteiger partial charge in [0, 0.05) is 33.5 Å². The first kappa shape index (κ1) is 14.2. The number of fused-ring (bicyclic) bond motifs is 7. The fourth-order valence-corrected chi connectivity index (χ4v) is 3.64. The van der Waals surface area contributed by atoms with E-state index >= 15 is 0 Å². The summed E-state index contributed by atoms with van der Waals surface area (Å²) < 4.78 is 12.2. The van der Waals surface area contributed by atoms with Gasteiger partial charge in [-0.25, -0.2) is 0 Å². The Morgan fingerprint density at radius 2 is 1.32 bits per heavy atom. The SMILES string of the molecule is Cc1cc2c(cc1Cl)C1CCC(O2)Oc2cc(C)c(Cl)cc21. The van der Waals surface area contributed by atoms with E-state index in [9.17, 15) is 0 Å². The number of hydrogen-bond donors (Lipinski definition) is 0. The second-order valence-electron chi connectivity index (χ2n) is 6.07. The third-order valence-corrected chi connectivity index (χ3v) is 5.36. The van der Waals surface area contributed by atoms with Gasteiger partial charge in [-0.2, -0.15) is 0 Å². The van der Waals surface area contributed by atoms with E-state index in [2.05, 4.69) is 0 Å². The number of hydrogen-bond acceptors (Lipinski definition) is 2. The molecule has 0 aromatic heterocycles. The van der Waals surface area contributed by atoms with Crippen LogP contribution in [0.3, 0.4) is 0 Å². The Balaban J connectivity index is 1.96. The maximum absolute atomic E-state index is 6.35. The fraction of sp³-hybridized carbons (Fsp3) is 0.333. The fourth-order valence-electron chi connectivity index (χ4n) is 3.30. The van der Waals surface area contributed by atoms with E-state index in [-0.39, 0.29) is 12.2 Å². The van der Waals surface area contributed by atoms with Crippen LogP contribution in [-0.4, -0.2) is 6.29 Å². The first-order chi connectivity index (χ1) is 10.5. The predicted molar refractivity (Wildman–Crippen MR) is 88.5 cm³/mol. The Labute approximate surface area is 140 Å². The third kappa shape index (κ3) is 2.17. The topological polar surface area (TPSA) is 18.5 Å². The van der Waals surface area contributed by atoms with Crippen molar-refractivity contribution in [2.24, 2.45) is 0 Å². The zero-order valence-electron chi connectivity index (χ0n) is 12.5. The molecule has 0 saturated heterocycles. The van der Waals surface area contributed by atoms with Crippen LogP contribution in [0, 0.1) is 13.8 Å². The Kier molecular flexibility index (Phi) is 3.28. The van der Waals surface area contributed by atoms with Gasteiger partial charge in [-0.15, -0.1) is 0 Å². The smallest absolute Gasteiger partial charge is 0.241 e. The molecule has 2 aromatic carbocycles. The van der Waals surface area contributed by atoms with Crippen molar-refractivity contribution in [2.75, 3.05) is 0 Å². The van der Waals surface area contributed by atoms with Gasteiger partial charge >= 0.3 is 0 Å². The van der Waals surface area contributed by atoms with Gasteiger partial charge in [0.15, 0.2) is 0 Å². The molecule has 0 N–H and O–H groups in total. The van der Waals surface area contributed by atoms with Crippen LogP contribution in [0.4, 0.5) is 0 Å². The van der Waals surface area contributed by atoms with Crippen molar-refractivity contribution in [1.82, 2.24) is 0 Å². The van der Waals surface area contributed by atoms with Crippen LogP contribution in [0.2, 0.25) is 10.0 Å². The summed E-state index contributed by atoms with van der Waals surface area (Å²) in [6.45, 7) is 3.98. The zero-order valence-corrected chi connectivity index (χ0v) is 14.0. The van der Waals surface area contributed by atoms with Crippen LogP contribution in [0.25, 0.3) is 0 Å². The highest BCUT2D eigenvalue weighted by atomic mass is 35.5. The molecule has 2 bridgehead atoms. The van der Waals surface area contributed by atoms with Crippen molar-refractivity contribution in [3.8, 4) is 11.5 Å². The molecule has 2 nitrogen and oxygen atoms in total. The van der Waals surface area contributed by atoms with Gasteiger partial charge in [-0.05, 0) is 55.7 Å². The number of benzene rings is 2. The average Bonchev–Trinajstić information content (AvgIpc) is 2.73. The van der Waals surface area contributed by atoms with Crippen molar-refractivity contribution >= 4 is 23.2 Å². The molecule has 0 unspecified atom stereocenters. The molecule has 0 radical (unpaired) electrons. The molecule has 2 aromatic rings. The first-order valence-corrected chi connectivity index (χ1v) is 8.22. The number of halogens is 2. The minimum Gasteiger partial charge on any atom is -0.455 e. The van der Waals surface area contributed by atoms with E-state index in [1.165, 1.54) is 0 Å². The average molecular weight is 335 g/mol. The van der Waals surface area contributed by atoms with E-state index in [1.54, 1.807) is 0 Å². The molecule has 2 aliphatic heterocycles. The lowest BCUT2D eigenvalue weighted by molar-refractivity contribution is 0.00367. The van der Waals surface area contributed by atoms with Gasteiger partial charge in [0.2, 0.25) is 6.29 Å². The summed E-state index contributed by atoms with van der Waals surface area (Å²) in [5, 5.41) is 1.54. The van der Waals surface area contributed by atoms with Gasteiger partial charge in [0.25, 0.3) is 0 Å². The van der Waals surface area contributed by atoms with Crippen LogP contribution < -0.4 is 9.47 Å². The number of rotatable bonds is 0. The molecule has 0 atom stereocenters. The van der Waals surface area contributed by atoms with Gasteiger partial charge in [-0.3, -0.25) is 0 Å². The van der Waals surface area contributed by atoms with Crippen LogP contribution in [-0.2, 0) is 0 Å². The molecule has 0 spiro atoms. The Bertz CT molecular complexity index is 709. The van der Waals surface area contributed by atoms with Crippen LogP contribution >= 0.6 is 23.2 Å². The molecule has 114 valence electrons. The molecule has 4 heteroatoms. The predicted octanol–water partition coefficient (Wildman–Crippen LogP) is 5.63. The number of ether oxygens (including phenoxy) is 2. The van der Waals surface area contributed by atoms with Crippen molar-refractivity contribution in [3.05, 3.63) is 56.6 Å². The van der Waals surface area contributed by atoms with Crippen LogP contribution in [0.1, 0.15) is 41.0 Å². The summed E-state index contributed by atoms with van der Waals surface area (Å²) in [6, 6.07) is 8.07. The van der Waals surface area contributed by atoms with E-state index < -0.39 is 0 Å². The molecule has 0 saturated carbocycles. The normalized spacial score (nSPS) is 22.0. The monoisotopic (exact) mass is 334 g/mol. The van der Waals surface area contributed by atoms with Crippen molar-refractivity contribution in [3.63, 3.8) is 0 Å². The lowest BCUT2D eigenvalue weighted by Crippen LogP contribution is -2.23. The second-order valence-corrected chi connectivity index (χ2v) is 6.89. The summed E-state index contributed by atoms with van der Waals surface area (Å²) in [6.07, 6.45) is 1.55. The lowest BCUT2D eigenvalue weighted by Gasteiger charge is -2.25. The summed E-state index contributed by atoms with van der Waals surface area (Å²) >= 11 is 12.7. The minimum absolute atomic E-state index is 0.202. The maximum Gasteiger partial charge on any atom is 0.241 e. The highest BCUT2D eigenvalue weighted by molar-refractivity contribution is 6.31. The van der Waals surface area contributed by atoms with E-state index in [0.717, 1.165) is 56.6 Å². The standard InChI is InChI=1S/C18H16Cl2O2/c1-9-5-16-12(7-14(9)19)11-3-4-18(21-16)22-17-6-10(2)15(20)8-13(11)17/h5-8,11,18H,3-4H2,1-2H3. The quantitative estimate of drug-likeness (QED) is 0.621. The summed E-state index contributed by atoms with van der Waals surface area (Å²) in [5.74, 6) is 1.95. The molecule has 0 amide bonds. The van der Waals surface area contributed by atoms with Gasteiger partial charge < -0.3 is 9.47 Å². The minimum atomic E-state index is -0.258. The summed E-state index contributed by atoms with van der Waals surface area (Å²) in [5.41, 5.74) is 4.29. The molecule has 22 heavy (non-hydrogen) atoms. The molecular formula is C18H16Cl2O2. The molecule has 2 heterocycles. The van der Waals surface area contributed by atoms with Crippen molar-refractivity contribution < 1.29 is 9.47 Å². The van der Waals surface area contributed by atoms with E-state index in [0.29, 0.717) is 0 Å². The van der Waals surface area contributed by atoms with E-state index in [1.807, 2.05) is 38.1 Å². The van der Waals surface area contributed by atoms with Gasteiger partial charge in [0.05, 0.1) is 0 Å². The van der Waals surface area contributed by atoms with Crippen molar-refractivity contribution in [2.45, 2.75) is 38.9 Å². The summed E-state index contributed by atoms with van der Waals surface area (Å²) in [7, 11) is 0. The first-order valence-electron chi connectivity index (χ1n) is 7.46. The van der Waals surface area contributed by atoms with Gasteiger partial charge in [0.1, 0.15) is 11.5 Å². The van der Waals surface area contributed by atoms with E-state index in [4.69, 9.17) is 32.7 Å². The largest absolute Gasteiger partial charge is 0.455 e. The molecule has 0 aliphatic carbocycles. The highest BCUT2D eigenvalue weighted by Crippen LogP contribution is 2.48. The highest BCUT2D eigenvalue weighted by Gasteiger charge is 2.33. The van der Waals surface area contributed by atoms with Crippen LogP contribution in [0.15, 0.2) is 24.3 Å². The molecular weight excluding hydrogens is 319 g/mol. The van der Waals surface area contributed by atoms with Crippen LogP contribution in [0.5, 0.6) is 11.5 Å². The zero-order chi connectivity index (χ0) is 15.4. The Morgan fingerprint density at radius 1 is 0.818 bits per heavy atom. The lowest BCUT2D eigenvalue weighted by atomic mass is 9.86. The Morgan fingerprint density at radius 3 is 1.82 bits per heavy atom. The van der Waals surface area contributed by atoms with Gasteiger partial charge in [-0.1, -0.05) is 23.2 Å². The Hall–Kier alpha value is -1.38. The third-order valence-electron chi connectivity index (χ3n) is 4.54.